The number of hydrogen-bond acceptors (Lipinski definition) is 3. The van der Waals surface area contributed by atoms with Gasteiger partial charge in [-0.25, -0.2) is 9.36 Å². The maximum Gasteiger partial charge on any atom is 0.337 e. The molecule has 0 spiro atoms. The summed E-state index contributed by atoms with van der Waals surface area (Å²) in [4.78, 5) is 28.3. The number of aryl methyl sites for hydroxylation is 2. The molecular weight excluding hydrogens is 415 g/mol. The van der Waals surface area contributed by atoms with E-state index in [9.17, 15) is 9.59 Å². The molecule has 0 N–H and O–H groups in total. The van der Waals surface area contributed by atoms with Crippen molar-refractivity contribution in [3.63, 3.8) is 0 Å². The van der Waals surface area contributed by atoms with Gasteiger partial charge in [0, 0.05) is 4.88 Å². The van der Waals surface area contributed by atoms with Gasteiger partial charge in [-0.1, -0.05) is 53.5 Å². The molecule has 4 rings (SSSR count). The summed E-state index contributed by atoms with van der Waals surface area (Å²) in [6, 6.07) is 14.5. The Kier molecular flexibility index (Phi) is 4.91. The number of nitrogens with zero attached hydrogens (tertiary/aromatic N) is 2. The van der Waals surface area contributed by atoms with Crippen molar-refractivity contribution >= 4 is 44.8 Å². The summed E-state index contributed by atoms with van der Waals surface area (Å²) in [6.07, 6.45) is 0. The molecule has 0 saturated heterocycles. The third-order valence-electron chi connectivity index (χ3n) is 4.80. The van der Waals surface area contributed by atoms with Crippen molar-refractivity contribution in [1.82, 2.24) is 9.13 Å². The maximum atomic E-state index is 13.4. The molecule has 0 radical (unpaired) electrons. The van der Waals surface area contributed by atoms with Gasteiger partial charge >= 0.3 is 5.69 Å². The normalized spacial score (nSPS) is 11.3. The number of halogens is 2. The van der Waals surface area contributed by atoms with Crippen molar-refractivity contribution < 1.29 is 0 Å². The Morgan fingerprint density at radius 3 is 2.36 bits per heavy atom. The van der Waals surface area contributed by atoms with Crippen LogP contribution in [0.1, 0.15) is 16.0 Å². The summed E-state index contributed by atoms with van der Waals surface area (Å²) >= 11 is 13.6. The van der Waals surface area contributed by atoms with Crippen molar-refractivity contribution in [2.75, 3.05) is 0 Å². The molecule has 0 aliphatic heterocycles. The summed E-state index contributed by atoms with van der Waals surface area (Å²) in [5.41, 5.74) is 1.52. The molecule has 142 valence electrons. The van der Waals surface area contributed by atoms with Crippen LogP contribution < -0.4 is 11.2 Å². The second-order valence-corrected chi connectivity index (χ2v) is 8.57. The van der Waals surface area contributed by atoms with Crippen LogP contribution in [0.15, 0.2) is 58.1 Å². The van der Waals surface area contributed by atoms with Crippen LogP contribution >= 0.6 is 34.5 Å². The molecular formula is C21H16Cl2N2O2S. The zero-order valence-corrected chi connectivity index (χ0v) is 17.5. The summed E-state index contributed by atoms with van der Waals surface area (Å²) in [6.45, 7) is 4.24. The van der Waals surface area contributed by atoms with E-state index in [0.29, 0.717) is 32.5 Å². The minimum atomic E-state index is -0.402. The van der Waals surface area contributed by atoms with Crippen molar-refractivity contribution in [3.05, 3.63) is 95.4 Å². The number of rotatable bonds is 3. The molecule has 0 bridgehead atoms. The first kappa shape index (κ1) is 19.0. The Labute approximate surface area is 175 Å². The molecule has 0 aliphatic carbocycles. The fourth-order valence-electron chi connectivity index (χ4n) is 3.21. The fraction of sp³-hybridized carbons (Fsp3) is 0.143. The van der Waals surface area contributed by atoms with Crippen molar-refractivity contribution in [2.24, 2.45) is 0 Å². The standard InChI is InChI=1S/C21H16Cl2N2O2S/c1-12-13(2)28-20-18(12)19(26)25(15-8-9-16(22)17(23)10-15)21(27)24(20)11-14-6-4-3-5-7-14/h3-10H,11H2,1-2H3. The van der Waals surface area contributed by atoms with Crippen LogP contribution in [-0.2, 0) is 6.54 Å². The van der Waals surface area contributed by atoms with Gasteiger partial charge in [-0.3, -0.25) is 9.36 Å². The van der Waals surface area contributed by atoms with Crippen LogP contribution in [0.5, 0.6) is 0 Å². The largest absolute Gasteiger partial charge is 0.337 e. The van der Waals surface area contributed by atoms with E-state index in [1.807, 2.05) is 44.2 Å². The summed E-state index contributed by atoms with van der Waals surface area (Å²) in [5, 5.41) is 1.22. The van der Waals surface area contributed by atoms with Gasteiger partial charge in [0.25, 0.3) is 5.56 Å². The first-order valence-corrected chi connectivity index (χ1v) is 10.2. The predicted octanol–water partition coefficient (Wildman–Crippen LogP) is 5.19. The van der Waals surface area contributed by atoms with E-state index in [1.54, 1.807) is 22.8 Å². The highest BCUT2D eigenvalue weighted by Crippen LogP contribution is 2.28. The zero-order valence-electron chi connectivity index (χ0n) is 15.2. The highest BCUT2D eigenvalue weighted by Gasteiger charge is 2.20. The molecule has 4 aromatic rings. The van der Waals surface area contributed by atoms with Gasteiger partial charge in [0.1, 0.15) is 4.83 Å². The Balaban J connectivity index is 2.08. The van der Waals surface area contributed by atoms with E-state index in [4.69, 9.17) is 23.2 Å². The lowest BCUT2D eigenvalue weighted by Gasteiger charge is -2.13. The molecule has 2 heterocycles. The van der Waals surface area contributed by atoms with Crippen molar-refractivity contribution in [3.8, 4) is 5.69 Å². The molecule has 0 saturated carbocycles. The first-order valence-electron chi connectivity index (χ1n) is 8.63. The molecule has 0 atom stereocenters. The number of hydrogen-bond donors (Lipinski definition) is 0. The van der Waals surface area contributed by atoms with Gasteiger partial charge < -0.3 is 0 Å². The van der Waals surface area contributed by atoms with Gasteiger partial charge in [-0.15, -0.1) is 11.3 Å². The average Bonchev–Trinajstić information content (AvgIpc) is 2.97. The molecule has 28 heavy (non-hydrogen) atoms. The highest BCUT2D eigenvalue weighted by molar-refractivity contribution is 7.18. The van der Waals surface area contributed by atoms with Gasteiger partial charge in [0.2, 0.25) is 0 Å². The SMILES string of the molecule is Cc1sc2c(c1C)c(=O)n(-c1ccc(Cl)c(Cl)c1)c(=O)n2Cc1ccccc1. The summed E-state index contributed by atoms with van der Waals surface area (Å²) < 4.78 is 2.83. The zero-order chi connectivity index (χ0) is 20.0. The average molecular weight is 431 g/mol. The molecule has 0 amide bonds. The van der Waals surface area contributed by atoms with Crippen LogP contribution in [0.3, 0.4) is 0 Å². The lowest BCUT2D eigenvalue weighted by atomic mass is 10.2. The number of fused-ring (bicyclic) bond motifs is 1. The Bertz CT molecular complexity index is 1320. The molecule has 2 aromatic carbocycles. The number of aromatic nitrogens is 2. The highest BCUT2D eigenvalue weighted by atomic mass is 35.5. The predicted molar refractivity (Wildman–Crippen MR) is 117 cm³/mol. The molecule has 4 nitrogen and oxygen atoms in total. The minimum Gasteiger partial charge on any atom is -0.280 e. The quantitative estimate of drug-likeness (QED) is 0.448. The van der Waals surface area contributed by atoms with Gasteiger partial charge in [0.15, 0.2) is 0 Å². The molecule has 0 fully saturated rings. The van der Waals surface area contributed by atoms with E-state index in [1.165, 1.54) is 15.9 Å². The number of benzene rings is 2. The van der Waals surface area contributed by atoms with Crippen LogP contribution in [0.25, 0.3) is 15.9 Å². The third kappa shape index (κ3) is 3.09. The van der Waals surface area contributed by atoms with Crippen molar-refractivity contribution in [1.29, 1.82) is 0 Å². The first-order chi connectivity index (χ1) is 13.4. The van der Waals surface area contributed by atoms with E-state index in [2.05, 4.69) is 0 Å². The van der Waals surface area contributed by atoms with Crippen molar-refractivity contribution in [2.45, 2.75) is 20.4 Å². The van der Waals surface area contributed by atoms with E-state index < -0.39 is 5.69 Å². The van der Waals surface area contributed by atoms with Gasteiger partial charge in [0.05, 0.1) is 27.7 Å². The fourth-order valence-corrected chi connectivity index (χ4v) is 4.65. The summed E-state index contributed by atoms with van der Waals surface area (Å²) in [5.74, 6) is 0. The molecule has 7 heteroatoms. The monoisotopic (exact) mass is 430 g/mol. The second-order valence-electron chi connectivity index (χ2n) is 6.56. The molecule has 0 aliphatic rings. The Morgan fingerprint density at radius 2 is 1.68 bits per heavy atom. The molecule has 0 unspecified atom stereocenters. The maximum absolute atomic E-state index is 13.4. The van der Waals surface area contributed by atoms with Crippen LogP contribution in [0, 0.1) is 13.8 Å². The minimum absolute atomic E-state index is 0.290. The Hall–Kier alpha value is -2.34. The second kappa shape index (κ2) is 7.24. The van der Waals surface area contributed by atoms with Gasteiger partial charge in [-0.2, -0.15) is 0 Å². The third-order valence-corrected chi connectivity index (χ3v) is 6.77. The lowest BCUT2D eigenvalue weighted by molar-refractivity contribution is 0.719. The topological polar surface area (TPSA) is 44.0 Å². The van der Waals surface area contributed by atoms with Crippen LogP contribution in [0.2, 0.25) is 10.0 Å². The van der Waals surface area contributed by atoms with Crippen LogP contribution in [0.4, 0.5) is 0 Å². The van der Waals surface area contributed by atoms with E-state index >= 15 is 0 Å². The molecule has 2 aromatic heterocycles. The van der Waals surface area contributed by atoms with Crippen LogP contribution in [-0.4, -0.2) is 9.13 Å². The number of thiophene rings is 1. The lowest BCUT2D eigenvalue weighted by Crippen LogP contribution is -2.38. The Morgan fingerprint density at radius 1 is 0.964 bits per heavy atom. The van der Waals surface area contributed by atoms with E-state index in [-0.39, 0.29) is 5.56 Å². The smallest absolute Gasteiger partial charge is 0.280 e. The summed E-state index contributed by atoms with van der Waals surface area (Å²) in [7, 11) is 0. The van der Waals surface area contributed by atoms with Gasteiger partial charge in [-0.05, 0) is 43.2 Å². The van der Waals surface area contributed by atoms with E-state index in [0.717, 1.165) is 16.0 Å².